The Balaban J connectivity index is 1.88. The van der Waals surface area contributed by atoms with Crippen LogP contribution in [-0.4, -0.2) is 30.5 Å². The summed E-state index contributed by atoms with van der Waals surface area (Å²) in [6.45, 7) is 9.48. The van der Waals surface area contributed by atoms with E-state index >= 15 is 0 Å². The standard InChI is InChI=1S/C17H27N3/c1-13-6-7-16(15(3)11-13)8-9-19-17(18)20-10-4-5-14(2)12-20/h6-7,11,14H,4-5,8-10,12H2,1-3H3,(H2,18,19). The number of nitrogens with two attached hydrogens (primary N) is 1. The normalized spacial score (nSPS) is 20.2. The van der Waals surface area contributed by atoms with Gasteiger partial charge in [0.05, 0.1) is 0 Å². The lowest BCUT2D eigenvalue weighted by molar-refractivity contribution is 0.270. The Hall–Kier alpha value is -1.51. The molecule has 0 radical (unpaired) electrons. The van der Waals surface area contributed by atoms with Crippen LogP contribution in [0.3, 0.4) is 0 Å². The molecule has 110 valence electrons. The molecule has 1 aliphatic rings. The van der Waals surface area contributed by atoms with Gasteiger partial charge in [-0.1, -0.05) is 30.7 Å². The molecule has 2 N–H and O–H groups in total. The summed E-state index contributed by atoms with van der Waals surface area (Å²) < 4.78 is 0. The van der Waals surface area contributed by atoms with E-state index in [1.54, 1.807) is 0 Å². The SMILES string of the molecule is Cc1ccc(CCN=C(N)N2CCCC(C)C2)c(C)c1. The van der Waals surface area contributed by atoms with Crippen LogP contribution in [0.4, 0.5) is 0 Å². The van der Waals surface area contributed by atoms with Gasteiger partial charge in [-0.3, -0.25) is 4.99 Å². The van der Waals surface area contributed by atoms with E-state index in [9.17, 15) is 0 Å². The molecule has 0 amide bonds. The molecule has 0 spiro atoms. The smallest absolute Gasteiger partial charge is 0.191 e. The number of aliphatic imine (C=N–C) groups is 1. The maximum absolute atomic E-state index is 6.11. The Kier molecular flexibility index (Phi) is 5.05. The Morgan fingerprint density at radius 3 is 2.90 bits per heavy atom. The first-order valence-electron chi connectivity index (χ1n) is 7.67. The summed E-state index contributed by atoms with van der Waals surface area (Å²) in [6.07, 6.45) is 3.51. The lowest BCUT2D eigenvalue weighted by atomic mass is 10.0. The van der Waals surface area contributed by atoms with Gasteiger partial charge in [-0.25, -0.2) is 0 Å². The highest BCUT2D eigenvalue weighted by atomic mass is 15.3. The molecule has 2 rings (SSSR count). The molecule has 1 unspecified atom stereocenters. The first kappa shape index (κ1) is 14.9. The highest BCUT2D eigenvalue weighted by Crippen LogP contribution is 2.15. The molecule has 20 heavy (non-hydrogen) atoms. The van der Waals surface area contributed by atoms with E-state index in [1.807, 2.05) is 0 Å². The minimum Gasteiger partial charge on any atom is -0.370 e. The first-order valence-corrected chi connectivity index (χ1v) is 7.67. The zero-order chi connectivity index (χ0) is 14.5. The van der Waals surface area contributed by atoms with Crippen molar-refractivity contribution in [3.63, 3.8) is 0 Å². The van der Waals surface area contributed by atoms with Crippen LogP contribution in [0.2, 0.25) is 0 Å². The molecular weight excluding hydrogens is 246 g/mol. The van der Waals surface area contributed by atoms with Crippen molar-refractivity contribution in [3.05, 3.63) is 34.9 Å². The molecule has 0 aliphatic carbocycles. The lowest BCUT2D eigenvalue weighted by Crippen LogP contribution is -2.43. The summed E-state index contributed by atoms with van der Waals surface area (Å²) >= 11 is 0. The summed E-state index contributed by atoms with van der Waals surface area (Å²) in [4.78, 5) is 6.79. The zero-order valence-electron chi connectivity index (χ0n) is 13.0. The second-order valence-electron chi connectivity index (χ2n) is 6.11. The Morgan fingerprint density at radius 1 is 1.40 bits per heavy atom. The maximum atomic E-state index is 6.11. The molecule has 0 saturated carbocycles. The average Bonchev–Trinajstić information content (AvgIpc) is 2.41. The van der Waals surface area contributed by atoms with Crippen LogP contribution in [0.25, 0.3) is 0 Å². The minimum atomic E-state index is 0.723. The molecule has 0 aromatic heterocycles. The molecule has 1 atom stereocenters. The van der Waals surface area contributed by atoms with E-state index < -0.39 is 0 Å². The predicted octanol–water partition coefficient (Wildman–Crippen LogP) is 2.89. The third-order valence-corrected chi connectivity index (χ3v) is 4.13. The maximum Gasteiger partial charge on any atom is 0.191 e. The fourth-order valence-electron chi connectivity index (χ4n) is 2.91. The lowest BCUT2D eigenvalue weighted by Gasteiger charge is -2.31. The fraction of sp³-hybridized carbons (Fsp3) is 0.588. The Bertz CT molecular complexity index is 479. The van der Waals surface area contributed by atoms with E-state index in [2.05, 4.69) is 48.9 Å². The first-order chi connectivity index (χ1) is 9.56. The van der Waals surface area contributed by atoms with Gasteiger partial charge in [-0.2, -0.15) is 0 Å². The van der Waals surface area contributed by atoms with Gasteiger partial charge in [0.2, 0.25) is 0 Å². The van der Waals surface area contributed by atoms with E-state index in [0.717, 1.165) is 37.9 Å². The number of aryl methyl sites for hydroxylation is 2. The van der Waals surface area contributed by atoms with Crippen LogP contribution >= 0.6 is 0 Å². The van der Waals surface area contributed by atoms with Crippen LogP contribution in [0.1, 0.15) is 36.5 Å². The van der Waals surface area contributed by atoms with Crippen LogP contribution < -0.4 is 5.73 Å². The van der Waals surface area contributed by atoms with Crippen molar-refractivity contribution >= 4 is 5.96 Å². The van der Waals surface area contributed by atoms with E-state index in [4.69, 9.17) is 5.73 Å². The van der Waals surface area contributed by atoms with Gasteiger partial charge < -0.3 is 10.6 Å². The molecule has 0 bridgehead atoms. The van der Waals surface area contributed by atoms with Gasteiger partial charge >= 0.3 is 0 Å². The summed E-state index contributed by atoms with van der Waals surface area (Å²) in [5, 5.41) is 0. The third kappa shape index (κ3) is 3.99. The summed E-state index contributed by atoms with van der Waals surface area (Å²) in [7, 11) is 0. The van der Waals surface area contributed by atoms with Crippen molar-refractivity contribution in [2.45, 2.75) is 40.0 Å². The van der Waals surface area contributed by atoms with Crippen molar-refractivity contribution < 1.29 is 0 Å². The van der Waals surface area contributed by atoms with Gasteiger partial charge in [0.1, 0.15) is 0 Å². The van der Waals surface area contributed by atoms with Crippen molar-refractivity contribution in [1.82, 2.24) is 4.90 Å². The number of hydrogen-bond donors (Lipinski definition) is 1. The largest absolute Gasteiger partial charge is 0.370 e. The van der Waals surface area contributed by atoms with Crippen LogP contribution in [0.15, 0.2) is 23.2 Å². The highest BCUT2D eigenvalue weighted by Gasteiger charge is 2.17. The Morgan fingerprint density at radius 2 is 2.20 bits per heavy atom. The molecule has 1 aliphatic heterocycles. The third-order valence-electron chi connectivity index (χ3n) is 4.13. The number of rotatable bonds is 3. The van der Waals surface area contributed by atoms with Crippen molar-refractivity contribution in [2.24, 2.45) is 16.6 Å². The fourth-order valence-corrected chi connectivity index (χ4v) is 2.91. The van der Waals surface area contributed by atoms with E-state index in [-0.39, 0.29) is 0 Å². The van der Waals surface area contributed by atoms with Crippen LogP contribution in [0.5, 0.6) is 0 Å². The number of guanidine groups is 1. The number of hydrogen-bond acceptors (Lipinski definition) is 1. The van der Waals surface area contributed by atoms with Gasteiger partial charge in [-0.15, -0.1) is 0 Å². The van der Waals surface area contributed by atoms with Crippen molar-refractivity contribution in [2.75, 3.05) is 19.6 Å². The molecule has 1 heterocycles. The predicted molar refractivity (Wildman–Crippen MR) is 86.1 cm³/mol. The molecule has 1 fully saturated rings. The van der Waals surface area contributed by atoms with Gasteiger partial charge in [0.25, 0.3) is 0 Å². The number of benzene rings is 1. The highest BCUT2D eigenvalue weighted by molar-refractivity contribution is 5.78. The quantitative estimate of drug-likeness (QED) is 0.679. The number of piperidine rings is 1. The second-order valence-corrected chi connectivity index (χ2v) is 6.11. The summed E-state index contributed by atoms with van der Waals surface area (Å²) in [5.41, 5.74) is 10.2. The minimum absolute atomic E-state index is 0.723. The van der Waals surface area contributed by atoms with Gasteiger partial charge in [0.15, 0.2) is 5.96 Å². The molecule has 1 aromatic rings. The molecular formula is C17H27N3. The molecule has 1 aromatic carbocycles. The second kappa shape index (κ2) is 6.78. The monoisotopic (exact) mass is 273 g/mol. The van der Waals surface area contributed by atoms with Crippen molar-refractivity contribution in [3.8, 4) is 0 Å². The zero-order valence-corrected chi connectivity index (χ0v) is 13.0. The molecule has 3 nitrogen and oxygen atoms in total. The summed E-state index contributed by atoms with van der Waals surface area (Å²) in [6, 6.07) is 6.61. The number of likely N-dealkylation sites (tertiary alicyclic amines) is 1. The number of nitrogens with zero attached hydrogens (tertiary/aromatic N) is 2. The van der Waals surface area contributed by atoms with E-state index in [1.165, 1.54) is 29.5 Å². The van der Waals surface area contributed by atoms with Crippen molar-refractivity contribution in [1.29, 1.82) is 0 Å². The van der Waals surface area contributed by atoms with E-state index in [0.29, 0.717) is 0 Å². The average molecular weight is 273 g/mol. The van der Waals surface area contributed by atoms with Crippen LogP contribution in [-0.2, 0) is 6.42 Å². The summed E-state index contributed by atoms with van der Waals surface area (Å²) in [5.74, 6) is 1.46. The Labute approximate surface area is 122 Å². The molecule has 3 heteroatoms. The van der Waals surface area contributed by atoms with Gasteiger partial charge in [-0.05, 0) is 50.2 Å². The topological polar surface area (TPSA) is 41.6 Å². The van der Waals surface area contributed by atoms with Gasteiger partial charge in [0, 0.05) is 19.6 Å². The molecule has 1 saturated heterocycles. The van der Waals surface area contributed by atoms with Crippen LogP contribution in [0, 0.1) is 19.8 Å².